The van der Waals surface area contributed by atoms with E-state index in [-0.39, 0.29) is 0 Å². The third kappa shape index (κ3) is 3.72. The van der Waals surface area contributed by atoms with Gasteiger partial charge in [0.25, 0.3) is 0 Å². The van der Waals surface area contributed by atoms with Crippen molar-refractivity contribution in [2.45, 2.75) is 25.8 Å². The Labute approximate surface area is 151 Å². The molecule has 0 spiro atoms. The molecule has 6 heteroatoms. The Hall–Kier alpha value is -2.66. The predicted molar refractivity (Wildman–Crippen MR) is 101 cm³/mol. The SMILES string of the molecule is Cc1cccc(Cl)c1Nc1cc(-c2ccncc2)nc(NC2CC2)n1. The van der Waals surface area contributed by atoms with Gasteiger partial charge in [-0.05, 0) is 43.5 Å². The molecule has 0 radical (unpaired) electrons. The molecule has 1 aliphatic rings. The molecule has 1 aliphatic carbocycles. The average Bonchev–Trinajstić information content (AvgIpc) is 3.43. The zero-order valence-corrected chi connectivity index (χ0v) is 14.6. The number of hydrogen-bond acceptors (Lipinski definition) is 5. The van der Waals surface area contributed by atoms with E-state index in [1.807, 2.05) is 43.3 Å². The molecular formula is C19H18ClN5. The van der Waals surface area contributed by atoms with Crippen LogP contribution in [0.1, 0.15) is 18.4 Å². The van der Waals surface area contributed by atoms with Crippen LogP contribution in [-0.2, 0) is 0 Å². The molecule has 1 fully saturated rings. The lowest BCUT2D eigenvalue weighted by Gasteiger charge is -2.13. The topological polar surface area (TPSA) is 62.7 Å². The van der Waals surface area contributed by atoms with Crippen LogP contribution in [0.3, 0.4) is 0 Å². The largest absolute Gasteiger partial charge is 0.351 e. The minimum atomic E-state index is 0.475. The fraction of sp³-hybridized carbons (Fsp3) is 0.211. The van der Waals surface area contributed by atoms with Gasteiger partial charge in [0.1, 0.15) is 5.82 Å². The molecule has 1 aromatic carbocycles. The first kappa shape index (κ1) is 15.8. The number of hydrogen-bond donors (Lipinski definition) is 2. The number of rotatable bonds is 5. The van der Waals surface area contributed by atoms with Crippen LogP contribution in [0.2, 0.25) is 5.02 Å². The molecule has 126 valence electrons. The molecule has 0 amide bonds. The highest BCUT2D eigenvalue weighted by Crippen LogP contribution is 2.31. The van der Waals surface area contributed by atoms with Crippen molar-refractivity contribution >= 4 is 29.1 Å². The van der Waals surface area contributed by atoms with Crippen molar-refractivity contribution in [3.8, 4) is 11.3 Å². The van der Waals surface area contributed by atoms with Crippen molar-refractivity contribution in [2.24, 2.45) is 0 Å². The lowest BCUT2D eigenvalue weighted by Crippen LogP contribution is -2.08. The molecule has 4 rings (SSSR count). The van der Waals surface area contributed by atoms with Gasteiger partial charge < -0.3 is 10.6 Å². The van der Waals surface area contributed by atoms with Crippen molar-refractivity contribution in [1.82, 2.24) is 15.0 Å². The van der Waals surface area contributed by atoms with Crippen LogP contribution >= 0.6 is 11.6 Å². The molecule has 3 aromatic rings. The Kier molecular flexibility index (Phi) is 4.24. The normalized spacial score (nSPS) is 13.5. The van der Waals surface area contributed by atoms with Gasteiger partial charge in [-0.15, -0.1) is 0 Å². The number of nitrogens with one attached hydrogen (secondary N) is 2. The van der Waals surface area contributed by atoms with E-state index < -0.39 is 0 Å². The van der Waals surface area contributed by atoms with Crippen LogP contribution in [0.4, 0.5) is 17.5 Å². The molecule has 2 heterocycles. The summed E-state index contributed by atoms with van der Waals surface area (Å²) in [6.07, 6.45) is 5.85. The first-order valence-corrected chi connectivity index (χ1v) is 8.65. The summed E-state index contributed by atoms with van der Waals surface area (Å²) >= 11 is 6.34. The third-order valence-corrected chi connectivity index (χ3v) is 4.40. The molecule has 2 aromatic heterocycles. The maximum atomic E-state index is 6.34. The van der Waals surface area contributed by atoms with Gasteiger partial charge in [0.15, 0.2) is 0 Å². The zero-order chi connectivity index (χ0) is 17.2. The number of aryl methyl sites for hydroxylation is 1. The van der Waals surface area contributed by atoms with Gasteiger partial charge in [-0.2, -0.15) is 4.98 Å². The summed E-state index contributed by atoms with van der Waals surface area (Å²) in [7, 11) is 0. The zero-order valence-electron chi connectivity index (χ0n) is 13.8. The van der Waals surface area contributed by atoms with Crippen molar-refractivity contribution in [1.29, 1.82) is 0 Å². The highest BCUT2D eigenvalue weighted by Gasteiger charge is 2.22. The number of aromatic nitrogens is 3. The van der Waals surface area contributed by atoms with Crippen LogP contribution in [-0.4, -0.2) is 21.0 Å². The first-order chi connectivity index (χ1) is 12.2. The highest BCUT2D eigenvalue weighted by atomic mass is 35.5. The number of anilines is 3. The summed E-state index contributed by atoms with van der Waals surface area (Å²) in [5, 5.41) is 7.38. The fourth-order valence-corrected chi connectivity index (χ4v) is 2.84. The van der Waals surface area contributed by atoms with E-state index in [9.17, 15) is 0 Å². The van der Waals surface area contributed by atoms with Crippen LogP contribution in [0.15, 0.2) is 48.8 Å². The predicted octanol–water partition coefficient (Wildman–Crippen LogP) is 4.82. The summed E-state index contributed by atoms with van der Waals surface area (Å²) < 4.78 is 0. The lowest BCUT2D eigenvalue weighted by atomic mass is 10.2. The quantitative estimate of drug-likeness (QED) is 0.690. The molecule has 0 atom stereocenters. The van der Waals surface area contributed by atoms with Crippen molar-refractivity contribution in [3.05, 3.63) is 59.4 Å². The highest BCUT2D eigenvalue weighted by molar-refractivity contribution is 6.33. The Morgan fingerprint density at radius 1 is 1.08 bits per heavy atom. The second-order valence-electron chi connectivity index (χ2n) is 6.17. The van der Waals surface area contributed by atoms with E-state index in [1.165, 1.54) is 0 Å². The number of nitrogens with zero attached hydrogens (tertiary/aromatic N) is 3. The Bertz CT molecular complexity index is 873. The fourth-order valence-electron chi connectivity index (χ4n) is 2.57. The number of halogens is 1. The molecule has 5 nitrogen and oxygen atoms in total. The molecular weight excluding hydrogens is 334 g/mol. The van der Waals surface area contributed by atoms with Crippen molar-refractivity contribution in [2.75, 3.05) is 10.6 Å². The maximum Gasteiger partial charge on any atom is 0.225 e. The van der Waals surface area contributed by atoms with Crippen LogP contribution < -0.4 is 10.6 Å². The average molecular weight is 352 g/mol. The number of pyridine rings is 1. The van der Waals surface area contributed by atoms with Gasteiger partial charge >= 0.3 is 0 Å². The minimum Gasteiger partial charge on any atom is -0.351 e. The Balaban J connectivity index is 1.73. The van der Waals surface area contributed by atoms with E-state index in [4.69, 9.17) is 11.6 Å². The molecule has 0 saturated heterocycles. The van der Waals surface area contributed by atoms with E-state index in [0.29, 0.717) is 22.8 Å². The van der Waals surface area contributed by atoms with Gasteiger partial charge in [-0.1, -0.05) is 23.7 Å². The maximum absolute atomic E-state index is 6.34. The van der Waals surface area contributed by atoms with Crippen LogP contribution in [0.5, 0.6) is 0 Å². The molecule has 0 aliphatic heterocycles. The lowest BCUT2D eigenvalue weighted by molar-refractivity contribution is 1.06. The smallest absolute Gasteiger partial charge is 0.225 e. The third-order valence-electron chi connectivity index (χ3n) is 4.09. The van der Waals surface area contributed by atoms with Gasteiger partial charge in [0.2, 0.25) is 5.95 Å². The summed E-state index contributed by atoms with van der Waals surface area (Å²) in [6.45, 7) is 2.02. The van der Waals surface area contributed by atoms with Gasteiger partial charge in [-0.25, -0.2) is 4.98 Å². The second-order valence-corrected chi connectivity index (χ2v) is 6.58. The summed E-state index contributed by atoms with van der Waals surface area (Å²) in [4.78, 5) is 13.3. The van der Waals surface area contributed by atoms with E-state index in [2.05, 4.69) is 25.6 Å². The van der Waals surface area contributed by atoms with Gasteiger partial charge in [-0.3, -0.25) is 4.98 Å². The summed E-state index contributed by atoms with van der Waals surface area (Å²) in [5.74, 6) is 1.34. The van der Waals surface area contributed by atoms with Crippen molar-refractivity contribution in [3.63, 3.8) is 0 Å². The molecule has 0 bridgehead atoms. The van der Waals surface area contributed by atoms with Crippen LogP contribution in [0, 0.1) is 6.92 Å². The van der Waals surface area contributed by atoms with Crippen molar-refractivity contribution < 1.29 is 0 Å². The number of benzene rings is 1. The molecule has 0 unspecified atom stereocenters. The number of para-hydroxylation sites is 1. The summed E-state index contributed by atoms with van der Waals surface area (Å²) in [5.41, 5.74) is 3.76. The standard InChI is InChI=1S/C19H18ClN5/c1-12-3-2-4-15(20)18(12)24-17-11-16(13-7-9-21-10-8-13)23-19(25-17)22-14-5-6-14/h2-4,7-11,14H,5-6H2,1H3,(H2,22,23,24,25). The molecule has 1 saturated carbocycles. The second kappa shape index (κ2) is 6.69. The Morgan fingerprint density at radius 2 is 1.88 bits per heavy atom. The molecule has 2 N–H and O–H groups in total. The molecule has 25 heavy (non-hydrogen) atoms. The van der Waals surface area contributed by atoms with E-state index >= 15 is 0 Å². The monoisotopic (exact) mass is 351 g/mol. The van der Waals surface area contributed by atoms with E-state index in [0.717, 1.165) is 35.3 Å². The Morgan fingerprint density at radius 3 is 2.60 bits per heavy atom. The van der Waals surface area contributed by atoms with E-state index in [1.54, 1.807) is 12.4 Å². The summed E-state index contributed by atoms with van der Waals surface area (Å²) in [6, 6.07) is 12.1. The van der Waals surface area contributed by atoms with Crippen LogP contribution in [0.25, 0.3) is 11.3 Å². The van der Waals surface area contributed by atoms with Gasteiger partial charge in [0, 0.05) is 30.1 Å². The van der Waals surface area contributed by atoms with Gasteiger partial charge in [0.05, 0.1) is 16.4 Å². The minimum absolute atomic E-state index is 0.475. The first-order valence-electron chi connectivity index (χ1n) is 8.27.